The Kier molecular flexibility index (Phi) is 4.99. The highest BCUT2D eigenvalue weighted by Gasteiger charge is 2.17. The van der Waals surface area contributed by atoms with E-state index in [1.54, 1.807) is 0 Å². The van der Waals surface area contributed by atoms with E-state index in [1.807, 2.05) is 66.4 Å². The summed E-state index contributed by atoms with van der Waals surface area (Å²) in [6.45, 7) is 4.75. The summed E-state index contributed by atoms with van der Waals surface area (Å²) in [5, 5.41) is 0. The lowest BCUT2D eigenvalue weighted by molar-refractivity contribution is -0.118. The zero-order valence-electron chi connectivity index (χ0n) is 12.6. The first-order valence-corrected chi connectivity index (χ1v) is 7.32. The molecular formula is C18H22N2O. The minimum atomic E-state index is 0.146. The zero-order chi connectivity index (χ0) is 15.2. The van der Waals surface area contributed by atoms with Crippen LogP contribution in [0.25, 0.3) is 0 Å². The van der Waals surface area contributed by atoms with E-state index >= 15 is 0 Å². The molecule has 2 aromatic carbocycles. The highest BCUT2D eigenvalue weighted by Crippen LogP contribution is 2.23. The molecule has 2 aromatic rings. The van der Waals surface area contributed by atoms with Crippen molar-refractivity contribution in [1.29, 1.82) is 0 Å². The molecule has 0 heterocycles. The van der Waals surface area contributed by atoms with Gasteiger partial charge in [0.1, 0.15) is 0 Å². The summed E-state index contributed by atoms with van der Waals surface area (Å²) in [6, 6.07) is 17.5. The van der Waals surface area contributed by atoms with E-state index in [0.717, 1.165) is 16.9 Å². The van der Waals surface area contributed by atoms with Gasteiger partial charge in [0.2, 0.25) is 5.91 Å². The number of rotatable bonds is 5. The fourth-order valence-corrected chi connectivity index (χ4v) is 2.43. The van der Waals surface area contributed by atoms with Crippen LogP contribution in [0.2, 0.25) is 0 Å². The molecule has 21 heavy (non-hydrogen) atoms. The normalized spacial score (nSPS) is 11.9. The Balaban J connectivity index is 2.07. The third-order valence-electron chi connectivity index (χ3n) is 3.67. The fraction of sp³-hybridized carbons (Fsp3) is 0.278. The molecule has 0 radical (unpaired) electrons. The number of benzene rings is 2. The molecule has 110 valence electrons. The summed E-state index contributed by atoms with van der Waals surface area (Å²) in [6.07, 6.45) is 0.493. The summed E-state index contributed by atoms with van der Waals surface area (Å²) in [4.78, 5) is 14.4. The third-order valence-corrected chi connectivity index (χ3v) is 3.67. The number of hydrogen-bond acceptors (Lipinski definition) is 2. The van der Waals surface area contributed by atoms with Gasteiger partial charge in [0, 0.05) is 24.3 Å². The van der Waals surface area contributed by atoms with Gasteiger partial charge in [-0.15, -0.1) is 0 Å². The lowest BCUT2D eigenvalue weighted by Crippen LogP contribution is -2.31. The Bertz CT molecular complexity index is 578. The predicted octanol–water partition coefficient (Wildman–Crippen LogP) is 3.82. The maximum atomic E-state index is 12.5. The number of para-hydroxylation sites is 1. The molecule has 3 heteroatoms. The van der Waals surface area contributed by atoms with Gasteiger partial charge in [0.05, 0.1) is 0 Å². The van der Waals surface area contributed by atoms with Crippen molar-refractivity contribution < 1.29 is 4.79 Å². The van der Waals surface area contributed by atoms with Crippen LogP contribution in [0.1, 0.15) is 31.7 Å². The lowest BCUT2D eigenvalue weighted by Gasteiger charge is -2.23. The molecular weight excluding hydrogens is 260 g/mol. The van der Waals surface area contributed by atoms with Crippen LogP contribution < -0.4 is 10.6 Å². The van der Waals surface area contributed by atoms with Gasteiger partial charge in [-0.2, -0.15) is 0 Å². The molecule has 1 unspecified atom stereocenters. The maximum absolute atomic E-state index is 12.5. The van der Waals surface area contributed by atoms with Crippen LogP contribution in [0.4, 0.5) is 11.4 Å². The second-order valence-electron chi connectivity index (χ2n) is 5.25. The standard InChI is InChI=1S/C18H22N2O/c1-3-20(17-7-5-4-6-8-17)18(21)13-14(2)15-9-11-16(19)12-10-15/h4-12,14H,3,13,19H2,1-2H3. The number of carbonyl (C=O) groups is 1. The SMILES string of the molecule is CCN(C(=O)CC(C)c1ccc(N)cc1)c1ccccc1. The largest absolute Gasteiger partial charge is 0.399 e. The van der Waals surface area contributed by atoms with Crippen molar-refractivity contribution in [3.8, 4) is 0 Å². The molecule has 2 rings (SSSR count). The first kappa shape index (κ1) is 15.1. The molecule has 0 aliphatic rings. The van der Waals surface area contributed by atoms with Gasteiger partial charge in [-0.05, 0) is 42.7 Å². The van der Waals surface area contributed by atoms with Crippen LogP contribution in [0, 0.1) is 0 Å². The molecule has 0 fully saturated rings. The number of nitrogens with two attached hydrogens (primary N) is 1. The molecule has 0 saturated heterocycles. The summed E-state index contributed by atoms with van der Waals surface area (Å²) < 4.78 is 0. The molecule has 0 spiro atoms. The van der Waals surface area contributed by atoms with Crippen molar-refractivity contribution in [3.05, 3.63) is 60.2 Å². The molecule has 0 aliphatic carbocycles. The molecule has 0 aliphatic heterocycles. The Hall–Kier alpha value is -2.29. The van der Waals surface area contributed by atoms with Crippen molar-refractivity contribution in [2.45, 2.75) is 26.2 Å². The van der Waals surface area contributed by atoms with Crippen LogP contribution in [0.5, 0.6) is 0 Å². The minimum absolute atomic E-state index is 0.146. The van der Waals surface area contributed by atoms with Crippen molar-refractivity contribution in [1.82, 2.24) is 0 Å². The van der Waals surface area contributed by atoms with Crippen LogP contribution in [0.3, 0.4) is 0 Å². The Morgan fingerprint density at radius 1 is 1.10 bits per heavy atom. The smallest absolute Gasteiger partial charge is 0.227 e. The molecule has 1 atom stereocenters. The lowest BCUT2D eigenvalue weighted by atomic mass is 9.97. The van der Waals surface area contributed by atoms with Crippen LogP contribution in [-0.2, 0) is 4.79 Å². The molecule has 0 saturated carbocycles. The fourth-order valence-electron chi connectivity index (χ4n) is 2.43. The summed E-state index contributed by atoms with van der Waals surface area (Å²) >= 11 is 0. The van der Waals surface area contributed by atoms with Crippen molar-refractivity contribution in [2.75, 3.05) is 17.2 Å². The number of carbonyl (C=O) groups excluding carboxylic acids is 1. The van der Waals surface area contributed by atoms with E-state index in [4.69, 9.17) is 5.73 Å². The van der Waals surface area contributed by atoms with Crippen molar-refractivity contribution >= 4 is 17.3 Å². The molecule has 2 N–H and O–H groups in total. The number of nitrogens with zero attached hydrogens (tertiary/aromatic N) is 1. The quantitative estimate of drug-likeness (QED) is 0.847. The number of hydrogen-bond donors (Lipinski definition) is 1. The van der Waals surface area contributed by atoms with Gasteiger partial charge in [-0.25, -0.2) is 0 Å². The van der Waals surface area contributed by atoms with E-state index in [2.05, 4.69) is 6.92 Å². The van der Waals surface area contributed by atoms with Crippen molar-refractivity contribution in [2.24, 2.45) is 0 Å². The first-order chi connectivity index (χ1) is 10.1. The topological polar surface area (TPSA) is 46.3 Å². The first-order valence-electron chi connectivity index (χ1n) is 7.32. The average molecular weight is 282 g/mol. The monoisotopic (exact) mass is 282 g/mol. The second-order valence-corrected chi connectivity index (χ2v) is 5.25. The van der Waals surface area contributed by atoms with Gasteiger partial charge in [-0.3, -0.25) is 4.79 Å². The highest BCUT2D eigenvalue weighted by molar-refractivity contribution is 5.93. The van der Waals surface area contributed by atoms with Crippen molar-refractivity contribution in [3.63, 3.8) is 0 Å². The van der Waals surface area contributed by atoms with Crippen LogP contribution >= 0.6 is 0 Å². The number of anilines is 2. The predicted molar refractivity (Wildman–Crippen MR) is 88.4 cm³/mol. The highest BCUT2D eigenvalue weighted by atomic mass is 16.2. The van der Waals surface area contributed by atoms with E-state index < -0.39 is 0 Å². The van der Waals surface area contributed by atoms with Gasteiger partial charge >= 0.3 is 0 Å². The maximum Gasteiger partial charge on any atom is 0.227 e. The molecule has 1 amide bonds. The molecule has 3 nitrogen and oxygen atoms in total. The Labute approximate surface area is 126 Å². The van der Waals surface area contributed by atoms with Crippen LogP contribution in [-0.4, -0.2) is 12.5 Å². The molecule has 0 bridgehead atoms. The Morgan fingerprint density at radius 2 is 1.71 bits per heavy atom. The van der Waals surface area contributed by atoms with E-state index in [1.165, 1.54) is 0 Å². The number of amides is 1. The zero-order valence-corrected chi connectivity index (χ0v) is 12.6. The van der Waals surface area contributed by atoms with E-state index in [9.17, 15) is 4.79 Å². The minimum Gasteiger partial charge on any atom is -0.399 e. The average Bonchev–Trinajstić information content (AvgIpc) is 2.49. The second kappa shape index (κ2) is 6.93. The van der Waals surface area contributed by atoms with E-state index in [-0.39, 0.29) is 11.8 Å². The van der Waals surface area contributed by atoms with Gasteiger partial charge in [0.25, 0.3) is 0 Å². The summed E-state index contributed by atoms with van der Waals surface area (Å²) in [5.41, 5.74) is 8.54. The summed E-state index contributed by atoms with van der Waals surface area (Å²) in [5.74, 6) is 0.323. The van der Waals surface area contributed by atoms with Crippen LogP contribution in [0.15, 0.2) is 54.6 Å². The third kappa shape index (κ3) is 3.85. The number of nitrogen functional groups attached to an aromatic ring is 1. The van der Waals surface area contributed by atoms with Gasteiger partial charge in [-0.1, -0.05) is 37.3 Å². The van der Waals surface area contributed by atoms with Gasteiger partial charge in [0.15, 0.2) is 0 Å². The van der Waals surface area contributed by atoms with Gasteiger partial charge < -0.3 is 10.6 Å². The van der Waals surface area contributed by atoms with E-state index in [0.29, 0.717) is 13.0 Å². The summed E-state index contributed by atoms with van der Waals surface area (Å²) in [7, 11) is 0. The molecule has 0 aromatic heterocycles. The Morgan fingerprint density at radius 3 is 2.29 bits per heavy atom.